The number of anilines is 1. The van der Waals surface area contributed by atoms with Crippen LogP contribution >= 0.6 is 0 Å². The molecule has 1 aromatic heterocycles. The van der Waals surface area contributed by atoms with Gasteiger partial charge in [-0.15, -0.1) is 0 Å². The van der Waals surface area contributed by atoms with Crippen LogP contribution in [0.5, 0.6) is 0 Å². The number of aromatic nitrogens is 1. The zero-order valence-corrected chi connectivity index (χ0v) is 9.06. The van der Waals surface area contributed by atoms with E-state index >= 15 is 0 Å². The molecule has 15 heavy (non-hydrogen) atoms. The molecule has 1 aliphatic rings. The Kier molecular flexibility index (Phi) is 2.52. The molecule has 0 amide bonds. The van der Waals surface area contributed by atoms with Gasteiger partial charge in [-0.05, 0) is 25.8 Å². The predicted molar refractivity (Wildman–Crippen MR) is 58.5 cm³/mol. The monoisotopic (exact) mass is 207 g/mol. The minimum Gasteiger partial charge on any atom is -0.758 e. The van der Waals surface area contributed by atoms with Crippen LogP contribution in [-0.2, 0) is 6.42 Å². The van der Waals surface area contributed by atoms with Crippen LogP contribution in [0.4, 0.5) is 5.69 Å². The number of rotatable bonds is 1. The highest BCUT2D eigenvalue weighted by Gasteiger charge is 2.26. The second-order valence-corrected chi connectivity index (χ2v) is 4.18. The molecular weight excluding hydrogens is 192 g/mol. The van der Waals surface area contributed by atoms with Gasteiger partial charge in [-0.2, -0.15) is 4.73 Å². The molecule has 0 radical (unpaired) electrons. The molecule has 0 spiro atoms. The smallest absolute Gasteiger partial charge is 0.198 e. The summed E-state index contributed by atoms with van der Waals surface area (Å²) in [5, 5.41) is 23.8. The SMILES string of the molecule is CC1CCCc2c1c(N(C)[O-])cc[n+]2[O-]. The summed E-state index contributed by atoms with van der Waals surface area (Å²) in [7, 11) is 1.48. The van der Waals surface area contributed by atoms with E-state index in [2.05, 4.69) is 6.92 Å². The zero-order chi connectivity index (χ0) is 11.0. The first-order chi connectivity index (χ1) is 7.11. The molecule has 1 atom stereocenters. The number of nitrogens with zero attached hydrogens (tertiary/aromatic N) is 2. The van der Waals surface area contributed by atoms with E-state index in [0.717, 1.165) is 40.3 Å². The van der Waals surface area contributed by atoms with Gasteiger partial charge in [0.25, 0.3) is 0 Å². The van der Waals surface area contributed by atoms with Gasteiger partial charge >= 0.3 is 0 Å². The first-order valence-corrected chi connectivity index (χ1v) is 5.27. The molecule has 0 aromatic carbocycles. The van der Waals surface area contributed by atoms with E-state index in [4.69, 9.17) is 0 Å². The summed E-state index contributed by atoms with van der Waals surface area (Å²) in [5.41, 5.74) is 2.36. The summed E-state index contributed by atoms with van der Waals surface area (Å²) >= 11 is 0. The summed E-state index contributed by atoms with van der Waals surface area (Å²) in [6.07, 6.45) is 4.30. The third-order valence-electron chi connectivity index (χ3n) is 3.10. The molecular formula is C11H15N2O2-. The summed E-state index contributed by atoms with van der Waals surface area (Å²) in [6.45, 7) is 2.07. The molecule has 0 bridgehead atoms. The maximum absolute atomic E-state index is 11.6. The van der Waals surface area contributed by atoms with Gasteiger partial charge in [-0.1, -0.05) is 6.92 Å². The van der Waals surface area contributed by atoms with Crippen LogP contribution in [0.2, 0.25) is 0 Å². The van der Waals surface area contributed by atoms with Crippen LogP contribution in [0.15, 0.2) is 12.3 Å². The second-order valence-electron chi connectivity index (χ2n) is 4.18. The molecule has 1 unspecified atom stereocenters. The van der Waals surface area contributed by atoms with E-state index in [1.807, 2.05) is 0 Å². The Morgan fingerprint density at radius 3 is 2.93 bits per heavy atom. The van der Waals surface area contributed by atoms with Crippen LogP contribution in [0.3, 0.4) is 0 Å². The van der Waals surface area contributed by atoms with Crippen molar-refractivity contribution in [3.8, 4) is 0 Å². The Labute approximate surface area is 89.3 Å². The molecule has 1 aliphatic carbocycles. The topological polar surface area (TPSA) is 53.2 Å². The van der Waals surface area contributed by atoms with Gasteiger partial charge in [-0.3, -0.25) is 0 Å². The van der Waals surface area contributed by atoms with Crippen LogP contribution < -0.4 is 9.79 Å². The molecule has 82 valence electrons. The molecule has 4 heteroatoms. The highest BCUT2D eigenvalue weighted by atomic mass is 16.5. The lowest BCUT2D eigenvalue weighted by Crippen LogP contribution is -2.36. The quantitative estimate of drug-likeness (QED) is 0.400. The molecule has 1 heterocycles. The Morgan fingerprint density at radius 2 is 2.27 bits per heavy atom. The molecule has 0 fully saturated rings. The maximum Gasteiger partial charge on any atom is 0.198 e. The second kappa shape index (κ2) is 3.70. The minimum atomic E-state index is 0.307. The van der Waals surface area contributed by atoms with Crippen molar-refractivity contribution in [2.24, 2.45) is 0 Å². The molecule has 0 saturated heterocycles. The van der Waals surface area contributed by atoms with Crippen molar-refractivity contribution >= 4 is 5.69 Å². The highest BCUT2D eigenvalue weighted by molar-refractivity contribution is 5.55. The molecule has 2 rings (SSSR count). The lowest BCUT2D eigenvalue weighted by atomic mass is 9.86. The number of hydrogen-bond acceptors (Lipinski definition) is 3. The van der Waals surface area contributed by atoms with Crippen molar-refractivity contribution < 1.29 is 4.73 Å². The number of hydroxylamine groups is 1. The van der Waals surface area contributed by atoms with E-state index in [0.29, 0.717) is 11.6 Å². The normalized spacial score (nSPS) is 19.8. The zero-order valence-electron chi connectivity index (χ0n) is 9.06. The molecule has 0 saturated carbocycles. The van der Waals surface area contributed by atoms with Gasteiger partial charge in [0, 0.05) is 23.7 Å². The van der Waals surface area contributed by atoms with E-state index in [-0.39, 0.29) is 0 Å². The number of hydrogen-bond donors (Lipinski definition) is 0. The molecule has 4 nitrogen and oxygen atoms in total. The van der Waals surface area contributed by atoms with Gasteiger partial charge < -0.3 is 15.5 Å². The lowest BCUT2D eigenvalue weighted by molar-refractivity contribution is -0.614. The molecule has 0 aliphatic heterocycles. The van der Waals surface area contributed by atoms with Crippen molar-refractivity contribution in [3.05, 3.63) is 33.9 Å². The first-order valence-electron chi connectivity index (χ1n) is 5.27. The highest BCUT2D eigenvalue weighted by Crippen LogP contribution is 2.35. The summed E-state index contributed by atoms with van der Waals surface area (Å²) in [5.74, 6) is 0.307. The molecule has 0 N–H and O–H groups in total. The van der Waals surface area contributed by atoms with Crippen molar-refractivity contribution in [1.29, 1.82) is 0 Å². The van der Waals surface area contributed by atoms with Gasteiger partial charge in [0.1, 0.15) is 0 Å². The lowest BCUT2D eigenvalue weighted by Gasteiger charge is -2.31. The van der Waals surface area contributed by atoms with E-state index < -0.39 is 0 Å². The third-order valence-corrected chi connectivity index (χ3v) is 3.10. The number of fused-ring (bicyclic) bond motifs is 1. The Hall–Kier alpha value is -1.29. The fourth-order valence-electron chi connectivity index (χ4n) is 2.36. The fraction of sp³-hybridized carbons (Fsp3) is 0.545. The van der Waals surface area contributed by atoms with Gasteiger partial charge in [-0.25, -0.2) is 0 Å². The van der Waals surface area contributed by atoms with E-state index in [1.165, 1.54) is 13.2 Å². The Balaban J connectivity index is 2.60. The van der Waals surface area contributed by atoms with Crippen molar-refractivity contribution in [2.75, 3.05) is 12.1 Å². The molecule has 1 aromatic rings. The van der Waals surface area contributed by atoms with Gasteiger partial charge in [0.15, 0.2) is 11.9 Å². The van der Waals surface area contributed by atoms with Crippen molar-refractivity contribution in [3.63, 3.8) is 0 Å². The summed E-state index contributed by atoms with van der Waals surface area (Å²) < 4.78 is 0.901. The van der Waals surface area contributed by atoms with Gasteiger partial charge in [0.05, 0.1) is 0 Å². The fourth-order valence-corrected chi connectivity index (χ4v) is 2.36. The van der Waals surface area contributed by atoms with E-state index in [9.17, 15) is 10.4 Å². The largest absolute Gasteiger partial charge is 0.758 e. The predicted octanol–water partition coefficient (Wildman–Crippen LogP) is 1.69. The van der Waals surface area contributed by atoms with Crippen molar-refractivity contribution in [2.45, 2.75) is 32.1 Å². The summed E-state index contributed by atoms with van der Waals surface area (Å²) in [4.78, 5) is 0. The minimum absolute atomic E-state index is 0.307. The Bertz CT molecular complexity index is 377. The summed E-state index contributed by atoms with van der Waals surface area (Å²) in [6, 6.07) is 1.61. The van der Waals surface area contributed by atoms with Gasteiger partial charge in [0.2, 0.25) is 0 Å². The number of pyridine rings is 1. The first kappa shape index (κ1) is 10.2. The third kappa shape index (κ3) is 1.65. The Morgan fingerprint density at radius 1 is 1.53 bits per heavy atom. The van der Waals surface area contributed by atoms with Crippen LogP contribution in [0.25, 0.3) is 0 Å². The average molecular weight is 207 g/mol. The average Bonchev–Trinajstić information content (AvgIpc) is 2.19. The standard InChI is InChI=1S/C11H15N2O2/c1-8-4-3-5-10-11(8)9(12(2)14)6-7-13(10)15/h6-8H,3-5H2,1-2H3/q-1. The van der Waals surface area contributed by atoms with E-state index in [1.54, 1.807) is 6.07 Å². The van der Waals surface area contributed by atoms with Crippen LogP contribution in [0, 0.1) is 10.4 Å². The van der Waals surface area contributed by atoms with Crippen LogP contribution in [0.1, 0.15) is 36.9 Å². The van der Waals surface area contributed by atoms with Crippen LogP contribution in [-0.4, -0.2) is 7.05 Å². The van der Waals surface area contributed by atoms with Crippen molar-refractivity contribution in [1.82, 2.24) is 0 Å². The maximum atomic E-state index is 11.6.